The Morgan fingerprint density at radius 3 is 2.52 bits per heavy atom. The number of amides is 1. The van der Waals surface area contributed by atoms with E-state index in [2.05, 4.69) is 15.4 Å². The van der Waals surface area contributed by atoms with Crippen LogP contribution in [0.15, 0.2) is 66.7 Å². The molecule has 1 saturated carbocycles. The molecule has 1 fully saturated rings. The molecule has 0 bridgehead atoms. The molecule has 5 heteroatoms. The Morgan fingerprint density at radius 2 is 1.72 bits per heavy atom. The Hall–Kier alpha value is -3.21. The molecule has 1 aliphatic rings. The molecule has 1 N–H and O–H groups in total. The van der Waals surface area contributed by atoms with Crippen LogP contribution in [0.5, 0.6) is 0 Å². The lowest BCUT2D eigenvalue weighted by molar-refractivity contribution is -0.118. The largest absolute Gasteiger partial charge is 0.292 e. The summed E-state index contributed by atoms with van der Waals surface area (Å²) in [4.78, 5) is 17.3. The number of aromatic nitrogens is 3. The maximum atomic E-state index is 12.8. The summed E-state index contributed by atoms with van der Waals surface area (Å²) in [6.45, 7) is 0. The minimum atomic E-state index is -0.430. The van der Waals surface area contributed by atoms with Gasteiger partial charge < -0.3 is 0 Å². The zero-order valence-electron chi connectivity index (χ0n) is 13.5. The smallest absolute Gasteiger partial charge is 0.249 e. The summed E-state index contributed by atoms with van der Waals surface area (Å²) in [5, 5.41) is 8.49. The van der Waals surface area contributed by atoms with Gasteiger partial charge in [-0.15, -0.1) is 5.10 Å². The summed E-state index contributed by atoms with van der Waals surface area (Å²) in [5.41, 5.74) is 2.32. The van der Waals surface area contributed by atoms with E-state index in [9.17, 15) is 4.79 Å². The van der Waals surface area contributed by atoms with Crippen LogP contribution < -0.4 is 5.32 Å². The van der Waals surface area contributed by atoms with E-state index in [1.54, 1.807) is 4.52 Å². The molecular formula is C20H16N4O. The minimum absolute atomic E-state index is 0.0288. The molecule has 1 amide bonds. The third kappa shape index (κ3) is 2.20. The minimum Gasteiger partial charge on any atom is -0.292 e. The van der Waals surface area contributed by atoms with Crippen molar-refractivity contribution in [3.63, 3.8) is 0 Å². The third-order valence-corrected chi connectivity index (χ3v) is 4.95. The Balaban J connectivity index is 1.50. The van der Waals surface area contributed by atoms with E-state index in [-0.39, 0.29) is 5.91 Å². The van der Waals surface area contributed by atoms with Crippen molar-refractivity contribution in [2.75, 3.05) is 5.32 Å². The van der Waals surface area contributed by atoms with Crippen molar-refractivity contribution in [3.05, 3.63) is 72.3 Å². The fourth-order valence-corrected chi connectivity index (χ4v) is 3.40. The van der Waals surface area contributed by atoms with Crippen molar-refractivity contribution >= 4 is 28.4 Å². The zero-order valence-corrected chi connectivity index (χ0v) is 13.5. The molecule has 0 radical (unpaired) electrons. The van der Waals surface area contributed by atoms with Crippen molar-refractivity contribution < 1.29 is 4.79 Å². The molecule has 0 aliphatic heterocycles. The van der Waals surface area contributed by atoms with Gasteiger partial charge in [-0.25, -0.2) is 4.52 Å². The molecule has 25 heavy (non-hydrogen) atoms. The van der Waals surface area contributed by atoms with Crippen LogP contribution in [0.3, 0.4) is 0 Å². The van der Waals surface area contributed by atoms with Crippen LogP contribution in [0.4, 0.5) is 5.95 Å². The molecule has 0 atom stereocenters. The Labute approximate surface area is 144 Å². The highest BCUT2D eigenvalue weighted by Crippen LogP contribution is 2.48. The molecule has 2 aromatic carbocycles. The van der Waals surface area contributed by atoms with Crippen LogP contribution in [0, 0.1) is 0 Å². The van der Waals surface area contributed by atoms with E-state index < -0.39 is 5.41 Å². The molecule has 0 unspecified atom stereocenters. The lowest BCUT2D eigenvalue weighted by Crippen LogP contribution is -2.28. The van der Waals surface area contributed by atoms with Gasteiger partial charge in [0.25, 0.3) is 0 Å². The number of rotatable bonds is 3. The van der Waals surface area contributed by atoms with Gasteiger partial charge in [0.05, 0.1) is 10.9 Å². The topological polar surface area (TPSA) is 59.3 Å². The summed E-state index contributed by atoms with van der Waals surface area (Å²) >= 11 is 0. The molecular weight excluding hydrogens is 312 g/mol. The fourth-order valence-electron chi connectivity index (χ4n) is 3.40. The zero-order chi connectivity index (χ0) is 16.9. The number of pyridine rings is 1. The van der Waals surface area contributed by atoms with Gasteiger partial charge in [0.2, 0.25) is 11.9 Å². The Bertz CT molecular complexity index is 1100. The maximum absolute atomic E-state index is 12.8. The van der Waals surface area contributed by atoms with E-state index in [0.717, 1.165) is 35.0 Å². The highest BCUT2D eigenvalue weighted by molar-refractivity contribution is 6.00. The summed E-state index contributed by atoms with van der Waals surface area (Å²) in [7, 11) is 0. The molecule has 4 aromatic rings. The molecule has 122 valence electrons. The number of anilines is 1. The second-order valence-corrected chi connectivity index (χ2v) is 6.50. The van der Waals surface area contributed by atoms with Gasteiger partial charge in [0.15, 0.2) is 5.65 Å². The van der Waals surface area contributed by atoms with Crippen molar-refractivity contribution in [1.82, 2.24) is 14.6 Å². The average molecular weight is 328 g/mol. The van der Waals surface area contributed by atoms with Crippen molar-refractivity contribution in [1.29, 1.82) is 0 Å². The quantitative estimate of drug-likeness (QED) is 0.625. The molecule has 5 rings (SSSR count). The molecule has 0 spiro atoms. The Kier molecular flexibility index (Phi) is 2.91. The highest BCUT2D eigenvalue weighted by Gasteiger charge is 2.51. The van der Waals surface area contributed by atoms with Gasteiger partial charge in [-0.2, -0.15) is 4.98 Å². The van der Waals surface area contributed by atoms with Gasteiger partial charge in [-0.1, -0.05) is 48.5 Å². The van der Waals surface area contributed by atoms with Gasteiger partial charge >= 0.3 is 0 Å². The number of benzene rings is 2. The average Bonchev–Trinajstić information content (AvgIpc) is 3.37. The predicted molar refractivity (Wildman–Crippen MR) is 96.5 cm³/mol. The number of fused-ring (bicyclic) bond motifs is 3. The van der Waals surface area contributed by atoms with Gasteiger partial charge in [-0.3, -0.25) is 10.1 Å². The summed E-state index contributed by atoms with van der Waals surface area (Å²) in [6.07, 6.45) is 1.72. The lowest BCUT2D eigenvalue weighted by Gasteiger charge is -2.13. The van der Waals surface area contributed by atoms with E-state index >= 15 is 0 Å². The van der Waals surface area contributed by atoms with E-state index in [1.165, 1.54) is 0 Å². The number of hydrogen-bond acceptors (Lipinski definition) is 3. The van der Waals surface area contributed by atoms with Crippen molar-refractivity contribution in [2.24, 2.45) is 0 Å². The van der Waals surface area contributed by atoms with Crippen LogP contribution in [0.25, 0.3) is 16.6 Å². The number of nitrogens with zero attached hydrogens (tertiary/aromatic N) is 3. The second kappa shape index (κ2) is 5.14. The van der Waals surface area contributed by atoms with Gasteiger partial charge in [0, 0.05) is 5.39 Å². The number of carbonyl (C=O) groups is 1. The van der Waals surface area contributed by atoms with Crippen LogP contribution in [0.2, 0.25) is 0 Å². The number of carbonyl (C=O) groups excluding carboxylic acids is 1. The fraction of sp³-hybridized carbons (Fsp3) is 0.150. The molecule has 0 saturated heterocycles. The number of para-hydroxylation sites is 1. The molecule has 2 heterocycles. The third-order valence-electron chi connectivity index (χ3n) is 4.95. The number of hydrogen-bond donors (Lipinski definition) is 1. The first-order valence-corrected chi connectivity index (χ1v) is 8.38. The van der Waals surface area contributed by atoms with Crippen LogP contribution >= 0.6 is 0 Å². The standard InChI is InChI=1S/C20H16N4O/c25-18(20(12-13-20)15-7-2-1-3-8-15)22-19-21-17-11-10-14-6-4-5-9-16(14)24(17)23-19/h1-11H,12-13H2,(H,22,23,25). The Morgan fingerprint density at radius 1 is 0.960 bits per heavy atom. The molecule has 1 aliphatic carbocycles. The summed E-state index contributed by atoms with van der Waals surface area (Å²) in [6, 6.07) is 21.8. The van der Waals surface area contributed by atoms with Gasteiger partial charge in [0.1, 0.15) is 0 Å². The van der Waals surface area contributed by atoms with Crippen molar-refractivity contribution in [2.45, 2.75) is 18.3 Å². The molecule has 2 aromatic heterocycles. The SMILES string of the molecule is O=C(Nc1nc2ccc3ccccc3n2n1)C1(c2ccccc2)CC1. The maximum Gasteiger partial charge on any atom is 0.249 e. The summed E-state index contributed by atoms with van der Waals surface area (Å²) in [5.74, 6) is 0.322. The first kappa shape index (κ1) is 14.2. The highest BCUT2D eigenvalue weighted by atomic mass is 16.2. The first-order chi connectivity index (χ1) is 12.3. The monoisotopic (exact) mass is 328 g/mol. The number of nitrogens with one attached hydrogen (secondary N) is 1. The predicted octanol–water partition coefficient (Wildman–Crippen LogP) is 3.55. The van der Waals surface area contributed by atoms with Crippen molar-refractivity contribution in [3.8, 4) is 0 Å². The first-order valence-electron chi connectivity index (χ1n) is 8.38. The van der Waals surface area contributed by atoms with E-state index in [4.69, 9.17) is 0 Å². The molecule has 5 nitrogen and oxygen atoms in total. The van der Waals surface area contributed by atoms with E-state index in [1.807, 2.05) is 66.7 Å². The summed E-state index contributed by atoms with van der Waals surface area (Å²) < 4.78 is 1.77. The van der Waals surface area contributed by atoms with E-state index in [0.29, 0.717) is 5.95 Å². The van der Waals surface area contributed by atoms with Gasteiger partial charge in [-0.05, 0) is 36.6 Å². The van der Waals surface area contributed by atoms with Crippen LogP contribution in [-0.4, -0.2) is 20.5 Å². The van der Waals surface area contributed by atoms with Crippen LogP contribution in [0.1, 0.15) is 18.4 Å². The van der Waals surface area contributed by atoms with Crippen LogP contribution in [-0.2, 0) is 10.2 Å². The normalized spacial score (nSPS) is 15.4. The lowest BCUT2D eigenvalue weighted by atomic mass is 9.95. The second-order valence-electron chi connectivity index (χ2n) is 6.50.